The fourth-order valence-corrected chi connectivity index (χ4v) is 5.64. The quantitative estimate of drug-likeness (QED) is 0.802. The molecule has 0 saturated carbocycles. The normalized spacial score (nSPS) is 34.1. The van der Waals surface area contributed by atoms with E-state index in [2.05, 4.69) is 62.9 Å². The Kier molecular flexibility index (Phi) is 4.38. The van der Waals surface area contributed by atoms with Gasteiger partial charge in [0.25, 0.3) is 0 Å². The third kappa shape index (κ3) is 3.14. The maximum atomic E-state index is 5.72. The number of para-hydroxylation sites is 1. The van der Waals surface area contributed by atoms with Crippen molar-refractivity contribution in [3.8, 4) is 0 Å². The molecule has 4 aliphatic rings. The summed E-state index contributed by atoms with van der Waals surface area (Å²) in [7, 11) is 0. The van der Waals surface area contributed by atoms with Crippen molar-refractivity contribution in [3.05, 3.63) is 66.2 Å². The molecule has 140 valence electrons. The Bertz CT molecular complexity index is 794. The molecule has 0 aromatic heterocycles. The minimum absolute atomic E-state index is 0.0847. The fourth-order valence-electron chi connectivity index (χ4n) is 5.40. The molecule has 4 bridgehead atoms. The minimum atomic E-state index is 0.0847. The van der Waals surface area contributed by atoms with Crippen LogP contribution >= 0.6 is 12.2 Å². The highest BCUT2D eigenvalue weighted by atomic mass is 32.1. The van der Waals surface area contributed by atoms with Crippen molar-refractivity contribution in [2.75, 3.05) is 44.6 Å². The molecule has 6 rings (SSSR count). The van der Waals surface area contributed by atoms with Gasteiger partial charge < -0.3 is 20.4 Å². The Morgan fingerprint density at radius 2 is 1.48 bits per heavy atom. The van der Waals surface area contributed by atoms with Gasteiger partial charge in [0.05, 0.1) is 0 Å². The number of anilines is 1. The van der Waals surface area contributed by atoms with Gasteiger partial charge in [0.15, 0.2) is 5.11 Å². The predicted molar refractivity (Wildman–Crippen MR) is 114 cm³/mol. The molecule has 27 heavy (non-hydrogen) atoms. The minimum Gasteiger partial charge on any atom is -0.358 e. The molecule has 3 atom stereocenters. The molecule has 5 heteroatoms. The molecular weight excluding hydrogens is 352 g/mol. The highest BCUT2D eigenvalue weighted by molar-refractivity contribution is 7.80. The maximum absolute atomic E-state index is 5.72. The van der Waals surface area contributed by atoms with Gasteiger partial charge in [0, 0.05) is 62.3 Å². The van der Waals surface area contributed by atoms with E-state index in [9.17, 15) is 0 Å². The number of fused-ring (bicyclic) bond motifs is 1. The Morgan fingerprint density at radius 1 is 0.889 bits per heavy atom. The number of hydrogen-bond acceptors (Lipinski definition) is 3. The zero-order valence-corrected chi connectivity index (χ0v) is 16.3. The average Bonchev–Trinajstić information content (AvgIpc) is 2.94. The van der Waals surface area contributed by atoms with E-state index < -0.39 is 0 Å². The number of nitrogens with zero attached hydrogens (tertiary/aromatic N) is 2. The van der Waals surface area contributed by atoms with Crippen molar-refractivity contribution in [1.82, 2.24) is 15.1 Å². The molecule has 0 spiro atoms. The first kappa shape index (κ1) is 17.2. The molecule has 2 N–H and O–H groups in total. The summed E-state index contributed by atoms with van der Waals surface area (Å²) >= 11 is 5.72. The lowest BCUT2D eigenvalue weighted by Gasteiger charge is -2.56. The first-order valence-electron chi connectivity index (χ1n) is 9.86. The smallest absolute Gasteiger partial charge is 0.171 e. The summed E-state index contributed by atoms with van der Waals surface area (Å²) in [5, 5.41) is 7.86. The van der Waals surface area contributed by atoms with Gasteiger partial charge >= 0.3 is 0 Å². The van der Waals surface area contributed by atoms with E-state index in [1.807, 2.05) is 18.2 Å². The van der Waals surface area contributed by atoms with Crippen LogP contribution < -0.4 is 10.6 Å². The van der Waals surface area contributed by atoms with Crippen LogP contribution in [0.5, 0.6) is 0 Å². The first-order chi connectivity index (χ1) is 13.2. The molecular formula is C22H26N4S. The van der Waals surface area contributed by atoms with Crippen LogP contribution in [0.1, 0.15) is 5.56 Å². The maximum Gasteiger partial charge on any atom is 0.171 e. The van der Waals surface area contributed by atoms with Gasteiger partial charge in [-0.15, -0.1) is 0 Å². The van der Waals surface area contributed by atoms with Crippen LogP contribution in [0, 0.1) is 5.92 Å². The lowest BCUT2D eigenvalue weighted by molar-refractivity contribution is 0.0269. The van der Waals surface area contributed by atoms with Gasteiger partial charge in [-0.3, -0.25) is 0 Å². The summed E-state index contributed by atoms with van der Waals surface area (Å²) in [6.07, 6.45) is 0. The number of benzene rings is 2. The average molecular weight is 379 g/mol. The second-order valence-electron chi connectivity index (χ2n) is 8.19. The van der Waals surface area contributed by atoms with Crippen LogP contribution in [-0.2, 0) is 5.41 Å². The second-order valence-corrected chi connectivity index (χ2v) is 8.60. The molecule has 4 fully saturated rings. The lowest BCUT2D eigenvalue weighted by Crippen LogP contribution is -2.71. The van der Waals surface area contributed by atoms with Crippen LogP contribution in [0.15, 0.2) is 60.7 Å². The van der Waals surface area contributed by atoms with Crippen LogP contribution in [0.2, 0.25) is 0 Å². The topological polar surface area (TPSA) is 30.5 Å². The van der Waals surface area contributed by atoms with Gasteiger partial charge in [0.2, 0.25) is 0 Å². The van der Waals surface area contributed by atoms with Gasteiger partial charge in [-0.05, 0) is 29.9 Å². The van der Waals surface area contributed by atoms with Gasteiger partial charge in [-0.2, -0.15) is 0 Å². The molecule has 2 aromatic rings. The SMILES string of the molecule is S=C(Nc1ccccc1)N[C@H]1C2CN3CCN(C2)CC1(c1ccccc1)C3. The Morgan fingerprint density at radius 3 is 2.11 bits per heavy atom. The standard InChI is InChI=1S/C22H26N4S/c27-21(23-19-9-5-2-6-10-19)24-20-17-13-25-11-12-26(14-17)16-22(20,15-25)18-7-3-1-4-8-18/h1-10,17,20H,11-16H2,(H2,23,24,27)/t17?,20-,22?/m0/s1. The van der Waals surface area contributed by atoms with Crippen molar-refractivity contribution >= 4 is 23.0 Å². The number of rotatable bonds is 3. The second kappa shape index (κ2) is 6.89. The number of piperidine rings is 2. The third-order valence-corrected chi connectivity index (χ3v) is 6.68. The van der Waals surface area contributed by atoms with Crippen molar-refractivity contribution in [1.29, 1.82) is 0 Å². The summed E-state index contributed by atoms with van der Waals surface area (Å²) in [6, 6.07) is 21.6. The zero-order chi connectivity index (χ0) is 18.3. The molecule has 0 amide bonds. The van der Waals surface area contributed by atoms with E-state index in [-0.39, 0.29) is 5.41 Å². The van der Waals surface area contributed by atoms with Gasteiger partial charge in [0.1, 0.15) is 0 Å². The van der Waals surface area contributed by atoms with E-state index in [1.165, 1.54) is 18.7 Å². The Labute approximate surface area is 166 Å². The van der Waals surface area contributed by atoms with Crippen molar-refractivity contribution in [3.63, 3.8) is 0 Å². The van der Waals surface area contributed by atoms with Crippen LogP contribution in [0.4, 0.5) is 5.69 Å². The first-order valence-corrected chi connectivity index (χ1v) is 10.3. The molecule has 2 unspecified atom stereocenters. The summed E-state index contributed by atoms with van der Waals surface area (Å²) in [4.78, 5) is 5.33. The highest BCUT2D eigenvalue weighted by Gasteiger charge is 2.55. The van der Waals surface area contributed by atoms with Crippen LogP contribution in [0.3, 0.4) is 0 Å². The summed E-state index contributed by atoms with van der Waals surface area (Å²) in [5.41, 5.74) is 2.56. The van der Waals surface area contributed by atoms with E-state index in [1.54, 1.807) is 0 Å². The fraction of sp³-hybridized carbons (Fsp3) is 0.409. The molecule has 0 radical (unpaired) electrons. The number of thiocarbonyl (C=S) groups is 1. The molecule has 4 saturated heterocycles. The third-order valence-electron chi connectivity index (χ3n) is 6.46. The Balaban J connectivity index is 1.45. The predicted octanol–water partition coefficient (Wildman–Crippen LogP) is 2.54. The largest absolute Gasteiger partial charge is 0.358 e. The van der Waals surface area contributed by atoms with Crippen LogP contribution in [0.25, 0.3) is 0 Å². The van der Waals surface area contributed by atoms with Crippen LogP contribution in [-0.4, -0.2) is 60.2 Å². The number of nitrogens with one attached hydrogen (secondary N) is 2. The van der Waals surface area contributed by atoms with Crippen molar-refractivity contribution in [2.24, 2.45) is 5.92 Å². The van der Waals surface area contributed by atoms with E-state index >= 15 is 0 Å². The molecule has 4 aliphatic heterocycles. The molecule has 4 heterocycles. The van der Waals surface area contributed by atoms with Crippen molar-refractivity contribution < 1.29 is 0 Å². The Hall–Kier alpha value is -1.95. The molecule has 4 nitrogen and oxygen atoms in total. The summed E-state index contributed by atoms with van der Waals surface area (Å²) in [5.74, 6) is 0.589. The molecule has 0 aliphatic carbocycles. The molecule has 2 aromatic carbocycles. The monoisotopic (exact) mass is 378 g/mol. The van der Waals surface area contributed by atoms with E-state index in [0.29, 0.717) is 12.0 Å². The zero-order valence-electron chi connectivity index (χ0n) is 15.5. The summed E-state index contributed by atoms with van der Waals surface area (Å²) in [6.45, 7) is 6.91. The van der Waals surface area contributed by atoms with Crippen molar-refractivity contribution in [2.45, 2.75) is 11.5 Å². The van der Waals surface area contributed by atoms with E-state index in [0.717, 1.165) is 37.0 Å². The highest BCUT2D eigenvalue weighted by Crippen LogP contribution is 2.43. The summed E-state index contributed by atoms with van der Waals surface area (Å²) < 4.78 is 0. The lowest BCUT2D eigenvalue weighted by atomic mass is 9.64. The number of hydrogen-bond donors (Lipinski definition) is 2. The van der Waals surface area contributed by atoms with Gasteiger partial charge in [-0.1, -0.05) is 48.5 Å². The van der Waals surface area contributed by atoms with E-state index in [4.69, 9.17) is 12.2 Å². The van der Waals surface area contributed by atoms with Gasteiger partial charge in [-0.25, -0.2) is 0 Å².